The molecule has 1 unspecified atom stereocenters. The van der Waals surface area contributed by atoms with Gasteiger partial charge in [-0.15, -0.1) is 0 Å². The molecule has 0 aromatic heterocycles. The normalized spacial score (nSPS) is 34.9. The molecule has 0 aromatic carbocycles. The third kappa shape index (κ3) is 2.27. The third-order valence-electron chi connectivity index (χ3n) is 3.20. The predicted octanol–water partition coefficient (Wildman–Crippen LogP) is 0.659. The van der Waals surface area contributed by atoms with E-state index in [1.54, 1.807) is 0 Å². The Hall–Kier alpha value is -0.120. The summed E-state index contributed by atoms with van der Waals surface area (Å²) in [5.41, 5.74) is 0.418. The third-order valence-corrected chi connectivity index (χ3v) is 3.20. The van der Waals surface area contributed by atoms with Gasteiger partial charge in [-0.05, 0) is 12.5 Å². The zero-order chi connectivity index (χ0) is 10.2. The molecule has 0 amide bonds. The van der Waals surface area contributed by atoms with E-state index in [1.165, 1.54) is 13.1 Å². The molecule has 2 aliphatic rings. The minimum atomic E-state index is 0.418. The van der Waals surface area contributed by atoms with Crippen LogP contribution in [-0.2, 0) is 4.74 Å². The van der Waals surface area contributed by atoms with Gasteiger partial charge in [-0.1, -0.05) is 13.8 Å². The van der Waals surface area contributed by atoms with Crippen LogP contribution in [0, 0.1) is 5.41 Å². The van der Waals surface area contributed by atoms with Gasteiger partial charge in [0.1, 0.15) is 0 Å². The number of nitrogens with zero attached hydrogens (tertiary/aromatic N) is 2. The molecule has 0 aliphatic carbocycles. The largest absolute Gasteiger partial charge is 0.378 e. The molecule has 2 rings (SSSR count). The van der Waals surface area contributed by atoms with Crippen molar-refractivity contribution >= 4 is 0 Å². The molecule has 3 heteroatoms. The van der Waals surface area contributed by atoms with Crippen LogP contribution in [-0.4, -0.2) is 62.3 Å². The van der Waals surface area contributed by atoms with E-state index in [9.17, 15) is 0 Å². The van der Waals surface area contributed by atoms with Crippen molar-refractivity contribution in [3.8, 4) is 0 Å². The highest BCUT2D eigenvalue weighted by Crippen LogP contribution is 2.24. The van der Waals surface area contributed by atoms with Gasteiger partial charge in [-0.25, -0.2) is 0 Å². The van der Waals surface area contributed by atoms with Gasteiger partial charge < -0.3 is 9.64 Å². The van der Waals surface area contributed by atoms with Crippen LogP contribution in [0.15, 0.2) is 0 Å². The Morgan fingerprint density at radius 3 is 2.86 bits per heavy atom. The van der Waals surface area contributed by atoms with Crippen LogP contribution >= 0.6 is 0 Å². The number of likely N-dealkylation sites (N-methyl/N-ethyl adjacent to an activating group) is 1. The summed E-state index contributed by atoms with van der Waals surface area (Å²) in [7, 11) is 2.22. The highest BCUT2D eigenvalue weighted by molar-refractivity contribution is 4.88. The summed E-state index contributed by atoms with van der Waals surface area (Å²) in [6, 6.07) is 0.621. The smallest absolute Gasteiger partial charge is 0.0634 e. The molecule has 3 nitrogen and oxygen atoms in total. The summed E-state index contributed by atoms with van der Waals surface area (Å²) in [6.45, 7) is 11.2. The molecule has 0 saturated carbocycles. The average Bonchev–Trinajstić information content (AvgIpc) is 2.16. The molecule has 0 spiro atoms. The van der Waals surface area contributed by atoms with Gasteiger partial charge in [0.2, 0.25) is 0 Å². The van der Waals surface area contributed by atoms with E-state index in [4.69, 9.17) is 4.74 Å². The second-order valence-electron chi connectivity index (χ2n) is 5.56. The lowest BCUT2D eigenvalue weighted by Crippen LogP contribution is -2.49. The van der Waals surface area contributed by atoms with Crippen LogP contribution in [0.4, 0.5) is 0 Å². The van der Waals surface area contributed by atoms with E-state index in [2.05, 4.69) is 30.7 Å². The molecule has 0 radical (unpaired) electrons. The van der Waals surface area contributed by atoms with E-state index in [-0.39, 0.29) is 0 Å². The highest BCUT2D eigenvalue weighted by Gasteiger charge is 2.34. The van der Waals surface area contributed by atoms with Crippen molar-refractivity contribution in [2.45, 2.75) is 19.9 Å². The van der Waals surface area contributed by atoms with Gasteiger partial charge in [0, 0.05) is 32.2 Å². The molecule has 2 heterocycles. The van der Waals surface area contributed by atoms with Crippen molar-refractivity contribution in [1.82, 2.24) is 9.80 Å². The Bertz CT molecular complexity index is 205. The Labute approximate surface area is 87.0 Å². The van der Waals surface area contributed by atoms with Crippen LogP contribution in [0.3, 0.4) is 0 Å². The topological polar surface area (TPSA) is 15.7 Å². The summed E-state index contributed by atoms with van der Waals surface area (Å²) >= 11 is 0. The average molecular weight is 198 g/mol. The van der Waals surface area contributed by atoms with E-state index in [0.717, 1.165) is 26.3 Å². The molecule has 2 fully saturated rings. The summed E-state index contributed by atoms with van der Waals surface area (Å²) in [4.78, 5) is 5.05. The number of ether oxygens (including phenoxy) is 1. The fraction of sp³-hybridized carbons (Fsp3) is 1.00. The highest BCUT2D eigenvalue weighted by atomic mass is 16.5. The molecule has 0 aromatic rings. The van der Waals surface area contributed by atoms with Crippen molar-refractivity contribution in [3.05, 3.63) is 0 Å². The van der Waals surface area contributed by atoms with E-state index in [1.807, 2.05) is 0 Å². The molecule has 1 atom stereocenters. The van der Waals surface area contributed by atoms with Crippen LogP contribution in [0.5, 0.6) is 0 Å². The zero-order valence-corrected chi connectivity index (χ0v) is 9.62. The van der Waals surface area contributed by atoms with Crippen molar-refractivity contribution < 1.29 is 4.74 Å². The first-order valence-electron chi connectivity index (χ1n) is 5.57. The first-order chi connectivity index (χ1) is 6.57. The van der Waals surface area contributed by atoms with E-state index >= 15 is 0 Å². The molecule has 14 heavy (non-hydrogen) atoms. The first-order valence-corrected chi connectivity index (χ1v) is 5.57. The van der Waals surface area contributed by atoms with E-state index < -0.39 is 0 Å². The Morgan fingerprint density at radius 1 is 1.29 bits per heavy atom. The van der Waals surface area contributed by atoms with Gasteiger partial charge in [0.25, 0.3) is 0 Å². The van der Waals surface area contributed by atoms with Crippen molar-refractivity contribution in [1.29, 1.82) is 0 Å². The van der Waals surface area contributed by atoms with Crippen molar-refractivity contribution in [3.63, 3.8) is 0 Å². The van der Waals surface area contributed by atoms with Gasteiger partial charge in [-0.3, -0.25) is 4.90 Å². The molecule has 82 valence electrons. The number of hydrogen-bond acceptors (Lipinski definition) is 3. The summed E-state index contributed by atoms with van der Waals surface area (Å²) < 4.78 is 5.54. The number of rotatable bonds is 0. The summed E-state index contributed by atoms with van der Waals surface area (Å²) in [5, 5.41) is 0. The standard InChI is InChI=1S/C11H22N2O/c1-11(2)8-12(3)6-10-7-14-5-4-13(10)9-11/h10H,4-9H2,1-3H3. The minimum Gasteiger partial charge on any atom is -0.378 e. The fourth-order valence-corrected chi connectivity index (χ4v) is 2.82. The Kier molecular flexibility index (Phi) is 2.82. The van der Waals surface area contributed by atoms with Crippen LogP contribution in [0.2, 0.25) is 0 Å². The van der Waals surface area contributed by atoms with Crippen LogP contribution in [0.1, 0.15) is 13.8 Å². The summed E-state index contributed by atoms with van der Waals surface area (Å²) in [5.74, 6) is 0. The van der Waals surface area contributed by atoms with Gasteiger partial charge in [0.15, 0.2) is 0 Å². The zero-order valence-electron chi connectivity index (χ0n) is 9.62. The first kappa shape index (κ1) is 10.4. The molecule has 0 bridgehead atoms. The maximum absolute atomic E-state index is 5.54. The van der Waals surface area contributed by atoms with Crippen LogP contribution < -0.4 is 0 Å². The van der Waals surface area contributed by atoms with Gasteiger partial charge >= 0.3 is 0 Å². The lowest BCUT2D eigenvalue weighted by Gasteiger charge is -2.36. The summed E-state index contributed by atoms with van der Waals surface area (Å²) in [6.07, 6.45) is 0. The number of morpholine rings is 1. The van der Waals surface area contributed by atoms with Crippen molar-refractivity contribution in [2.75, 3.05) is 46.4 Å². The van der Waals surface area contributed by atoms with Gasteiger partial charge in [0.05, 0.1) is 13.2 Å². The number of hydrogen-bond donors (Lipinski definition) is 0. The van der Waals surface area contributed by atoms with E-state index in [0.29, 0.717) is 11.5 Å². The SMILES string of the molecule is CN1CC2COCCN2CC(C)(C)C1. The maximum Gasteiger partial charge on any atom is 0.0634 e. The van der Waals surface area contributed by atoms with Crippen molar-refractivity contribution in [2.24, 2.45) is 5.41 Å². The maximum atomic E-state index is 5.54. The molecular formula is C11H22N2O. The Balaban J connectivity index is 2.08. The predicted molar refractivity (Wildman–Crippen MR) is 57.5 cm³/mol. The Morgan fingerprint density at radius 2 is 2.07 bits per heavy atom. The second kappa shape index (κ2) is 3.80. The number of fused-ring (bicyclic) bond motifs is 1. The van der Waals surface area contributed by atoms with Gasteiger partial charge in [-0.2, -0.15) is 0 Å². The fourth-order valence-electron chi connectivity index (χ4n) is 2.82. The molecule has 2 saturated heterocycles. The minimum absolute atomic E-state index is 0.418. The monoisotopic (exact) mass is 198 g/mol. The quantitative estimate of drug-likeness (QED) is 0.568. The lowest BCUT2D eigenvalue weighted by atomic mass is 9.92. The molecule has 2 aliphatic heterocycles. The molecule has 0 N–H and O–H groups in total. The molecular weight excluding hydrogens is 176 g/mol. The second-order valence-corrected chi connectivity index (χ2v) is 5.56. The lowest BCUT2D eigenvalue weighted by molar-refractivity contribution is -0.0141. The van der Waals surface area contributed by atoms with Crippen LogP contribution in [0.25, 0.3) is 0 Å².